The third-order valence-electron chi connectivity index (χ3n) is 2.43. The first-order valence-electron chi connectivity index (χ1n) is 5.84. The number of anilines is 2. The van der Waals surface area contributed by atoms with E-state index in [-0.39, 0.29) is 5.69 Å². The van der Waals surface area contributed by atoms with Gasteiger partial charge in [0.1, 0.15) is 11.6 Å². The highest BCUT2D eigenvalue weighted by Crippen LogP contribution is 2.21. The minimum atomic E-state index is -0.418. The van der Waals surface area contributed by atoms with Crippen LogP contribution in [0.4, 0.5) is 17.3 Å². The van der Waals surface area contributed by atoms with Crippen molar-refractivity contribution in [1.82, 2.24) is 4.98 Å². The lowest BCUT2D eigenvalue weighted by molar-refractivity contribution is -0.384. The van der Waals surface area contributed by atoms with E-state index in [1.807, 2.05) is 23.8 Å². The van der Waals surface area contributed by atoms with Crippen LogP contribution in [0.5, 0.6) is 0 Å². The monoisotopic (exact) mass is 278 g/mol. The fraction of sp³-hybridized carbons (Fsp3) is 0.250. The van der Waals surface area contributed by atoms with Crippen LogP contribution < -0.4 is 10.6 Å². The summed E-state index contributed by atoms with van der Waals surface area (Å²) in [7, 11) is 0. The summed E-state index contributed by atoms with van der Waals surface area (Å²) in [6.07, 6.45) is 0. The highest BCUT2D eigenvalue weighted by Gasteiger charge is 2.10. The average molecular weight is 278 g/mol. The molecule has 0 radical (unpaired) electrons. The Balaban J connectivity index is 2.16. The first kappa shape index (κ1) is 13.3. The van der Waals surface area contributed by atoms with Crippen molar-refractivity contribution >= 4 is 28.7 Å². The Hall–Kier alpha value is -2.15. The van der Waals surface area contributed by atoms with Gasteiger partial charge in [0, 0.05) is 13.1 Å². The standard InChI is InChI=1S/C12H14N4O2S/c1-2-13-11-5-10(16(17)18)6-12(15-11)14-7-9-3-4-19-8-9/h3-6,8H,2,7H2,1H3,(H2,13,14,15). The Labute approximate surface area is 114 Å². The number of hydrogen-bond acceptors (Lipinski definition) is 6. The van der Waals surface area contributed by atoms with Gasteiger partial charge in [0.2, 0.25) is 0 Å². The van der Waals surface area contributed by atoms with Gasteiger partial charge in [-0.05, 0) is 29.3 Å². The summed E-state index contributed by atoms with van der Waals surface area (Å²) in [5.74, 6) is 1.00. The van der Waals surface area contributed by atoms with Crippen LogP contribution in [0.15, 0.2) is 29.0 Å². The van der Waals surface area contributed by atoms with E-state index >= 15 is 0 Å². The molecule has 0 amide bonds. The number of nitrogens with one attached hydrogen (secondary N) is 2. The molecule has 0 spiro atoms. The van der Waals surface area contributed by atoms with Crippen molar-refractivity contribution in [3.05, 3.63) is 44.6 Å². The van der Waals surface area contributed by atoms with E-state index in [0.717, 1.165) is 5.56 Å². The fourth-order valence-electron chi connectivity index (χ4n) is 1.57. The van der Waals surface area contributed by atoms with Crippen LogP contribution in [0.3, 0.4) is 0 Å². The lowest BCUT2D eigenvalue weighted by Crippen LogP contribution is -2.05. The summed E-state index contributed by atoms with van der Waals surface area (Å²) in [6.45, 7) is 3.18. The summed E-state index contributed by atoms with van der Waals surface area (Å²) >= 11 is 1.61. The lowest BCUT2D eigenvalue weighted by atomic mass is 10.3. The van der Waals surface area contributed by atoms with Gasteiger partial charge in [0.25, 0.3) is 5.69 Å². The van der Waals surface area contributed by atoms with Gasteiger partial charge in [-0.3, -0.25) is 10.1 Å². The minimum absolute atomic E-state index is 0.0266. The van der Waals surface area contributed by atoms with Gasteiger partial charge in [-0.1, -0.05) is 0 Å². The first-order chi connectivity index (χ1) is 9.19. The van der Waals surface area contributed by atoms with Crippen molar-refractivity contribution in [1.29, 1.82) is 0 Å². The normalized spacial score (nSPS) is 10.2. The zero-order valence-corrected chi connectivity index (χ0v) is 11.2. The summed E-state index contributed by atoms with van der Waals surface area (Å²) < 4.78 is 0. The molecule has 0 saturated heterocycles. The largest absolute Gasteiger partial charge is 0.370 e. The molecule has 7 heteroatoms. The van der Waals surface area contributed by atoms with E-state index in [4.69, 9.17) is 0 Å². The third kappa shape index (κ3) is 3.65. The smallest absolute Gasteiger partial charge is 0.276 e. The summed E-state index contributed by atoms with van der Waals surface area (Å²) in [4.78, 5) is 14.7. The second kappa shape index (κ2) is 6.14. The van der Waals surface area contributed by atoms with Gasteiger partial charge in [-0.2, -0.15) is 11.3 Å². The van der Waals surface area contributed by atoms with Crippen molar-refractivity contribution in [2.75, 3.05) is 17.2 Å². The first-order valence-corrected chi connectivity index (χ1v) is 6.78. The van der Waals surface area contributed by atoms with Gasteiger partial charge in [0.15, 0.2) is 0 Å². The number of thiophene rings is 1. The topological polar surface area (TPSA) is 80.1 Å². The Morgan fingerprint density at radius 1 is 1.37 bits per heavy atom. The molecule has 0 atom stereocenters. The van der Waals surface area contributed by atoms with Crippen LogP contribution in [-0.2, 0) is 6.54 Å². The maximum Gasteiger partial charge on any atom is 0.276 e. The maximum atomic E-state index is 10.9. The molecule has 0 saturated carbocycles. The third-order valence-corrected chi connectivity index (χ3v) is 3.16. The number of rotatable bonds is 6. The number of aromatic nitrogens is 1. The van der Waals surface area contributed by atoms with Gasteiger partial charge in [0.05, 0.1) is 17.1 Å². The molecule has 0 fully saturated rings. The molecular weight excluding hydrogens is 264 g/mol. The molecule has 2 rings (SSSR count). The highest BCUT2D eigenvalue weighted by molar-refractivity contribution is 7.07. The van der Waals surface area contributed by atoms with Crippen LogP contribution in [0.1, 0.15) is 12.5 Å². The van der Waals surface area contributed by atoms with Crippen molar-refractivity contribution < 1.29 is 4.92 Å². The molecule has 0 aliphatic heterocycles. The Kier molecular flexibility index (Phi) is 4.30. The van der Waals surface area contributed by atoms with E-state index in [1.165, 1.54) is 12.1 Å². The van der Waals surface area contributed by atoms with Gasteiger partial charge < -0.3 is 10.6 Å². The van der Waals surface area contributed by atoms with E-state index in [2.05, 4.69) is 15.6 Å². The fourth-order valence-corrected chi connectivity index (χ4v) is 2.24. The van der Waals surface area contributed by atoms with Gasteiger partial charge in [-0.25, -0.2) is 4.98 Å². The van der Waals surface area contributed by atoms with Crippen LogP contribution in [0.25, 0.3) is 0 Å². The molecule has 0 aliphatic rings. The summed E-state index contributed by atoms with van der Waals surface area (Å²) in [5, 5.41) is 21.0. The number of nitrogens with zero attached hydrogens (tertiary/aromatic N) is 2. The maximum absolute atomic E-state index is 10.9. The van der Waals surface area contributed by atoms with Crippen LogP contribution in [-0.4, -0.2) is 16.5 Å². The Morgan fingerprint density at radius 3 is 2.68 bits per heavy atom. The van der Waals surface area contributed by atoms with Crippen molar-refractivity contribution in [2.24, 2.45) is 0 Å². The van der Waals surface area contributed by atoms with Gasteiger partial charge in [-0.15, -0.1) is 0 Å². The van der Waals surface area contributed by atoms with Gasteiger partial charge >= 0.3 is 0 Å². The molecule has 2 N–H and O–H groups in total. The van der Waals surface area contributed by atoms with E-state index in [0.29, 0.717) is 24.7 Å². The molecule has 0 aliphatic carbocycles. The number of hydrogen-bond donors (Lipinski definition) is 2. The van der Waals surface area contributed by atoms with Crippen LogP contribution in [0.2, 0.25) is 0 Å². The number of pyridine rings is 1. The molecule has 2 aromatic rings. The molecule has 0 aromatic carbocycles. The summed E-state index contributed by atoms with van der Waals surface area (Å²) in [5.41, 5.74) is 1.15. The Bertz CT molecular complexity index is 557. The Morgan fingerprint density at radius 2 is 2.11 bits per heavy atom. The minimum Gasteiger partial charge on any atom is -0.370 e. The molecule has 0 unspecified atom stereocenters. The average Bonchev–Trinajstić information content (AvgIpc) is 2.89. The second-order valence-corrected chi connectivity index (χ2v) is 4.65. The molecule has 2 aromatic heterocycles. The molecular formula is C12H14N4O2S. The molecule has 19 heavy (non-hydrogen) atoms. The van der Waals surface area contributed by atoms with Crippen molar-refractivity contribution in [3.63, 3.8) is 0 Å². The lowest BCUT2D eigenvalue weighted by Gasteiger charge is -2.07. The highest BCUT2D eigenvalue weighted by atomic mass is 32.1. The predicted octanol–water partition coefficient (Wildman–Crippen LogP) is 3.10. The SMILES string of the molecule is CCNc1cc([N+](=O)[O-])cc(NCc2ccsc2)n1. The van der Waals surface area contributed by atoms with E-state index in [1.54, 1.807) is 11.3 Å². The quantitative estimate of drug-likeness (QED) is 0.627. The van der Waals surface area contributed by atoms with Crippen LogP contribution >= 0.6 is 11.3 Å². The molecule has 0 bridgehead atoms. The van der Waals surface area contributed by atoms with E-state index < -0.39 is 4.92 Å². The predicted molar refractivity (Wildman–Crippen MR) is 76.7 cm³/mol. The number of nitro groups is 1. The molecule has 2 heterocycles. The second-order valence-electron chi connectivity index (χ2n) is 3.87. The molecule has 100 valence electrons. The summed E-state index contributed by atoms with van der Waals surface area (Å²) in [6, 6.07) is 4.87. The zero-order valence-electron chi connectivity index (χ0n) is 10.4. The van der Waals surface area contributed by atoms with Crippen molar-refractivity contribution in [2.45, 2.75) is 13.5 Å². The molecule has 6 nitrogen and oxygen atoms in total. The zero-order chi connectivity index (χ0) is 13.7. The van der Waals surface area contributed by atoms with Crippen LogP contribution in [0, 0.1) is 10.1 Å². The van der Waals surface area contributed by atoms with Crippen molar-refractivity contribution in [3.8, 4) is 0 Å². The van der Waals surface area contributed by atoms with E-state index in [9.17, 15) is 10.1 Å².